The summed E-state index contributed by atoms with van der Waals surface area (Å²) in [6, 6.07) is 0. The van der Waals surface area contributed by atoms with E-state index in [0.29, 0.717) is 13.2 Å². The maximum absolute atomic E-state index is 9.61. The van der Waals surface area contributed by atoms with Gasteiger partial charge in [0.25, 0.3) is 0 Å². The minimum atomic E-state index is 0.136. The third-order valence-electron chi connectivity index (χ3n) is 5.34. The van der Waals surface area contributed by atoms with Gasteiger partial charge in [0.05, 0.1) is 0 Å². The molecule has 134 valence electrons. The Morgan fingerprint density at radius 2 is 0.864 bits per heavy atom. The van der Waals surface area contributed by atoms with Gasteiger partial charge in [-0.3, -0.25) is 0 Å². The van der Waals surface area contributed by atoms with Crippen molar-refractivity contribution in [3.05, 3.63) is 0 Å². The van der Waals surface area contributed by atoms with E-state index in [2.05, 4.69) is 27.7 Å². The molecule has 2 N–H and O–H groups in total. The maximum atomic E-state index is 9.61. The molecule has 0 fully saturated rings. The first kappa shape index (κ1) is 21.9. The lowest BCUT2D eigenvalue weighted by molar-refractivity contribution is 0.112. The summed E-state index contributed by atoms with van der Waals surface area (Å²) >= 11 is 0. The lowest BCUT2D eigenvalue weighted by Crippen LogP contribution is -2.21. The van der Waals surface area contributed by atoms with Gasteiger partial charge in [-0.25, -0.2) is 0 Å². The molecule has 0 aromatic carbocycles. The van der Waals surface area contributed by atoms with Gasteiger partial charge in [-0.2, -0.15) is 0 Å². The van der Waals surface area contributed by atoms with Crippen molar-refractivity contribution in [1.82, 2.24) is 0 Å². The second kappa shape index (κ2) is 12.4. The summed E-state index contributed by atoms with van der Waals surface area (Å²) in [6.07, 6.45) is 14.5. The second-order valence-corrected chi connectivity index (χ2v) is 8.06. The zero-order chi connectivity index (χ0) is 16.9. The minimum absolute atomic E-state index is 0.136. The Bertz CT molecular complexity index is 228. The lowest BCUT2D eigenvalue weighted by Gasteiger charge is -2.28. The monoisotopic (exact) mass is 314 g/mol. The zero-order valence-corrected chi connectivity index (χ0v) is 15.8. The first-order valence-corrected chi connectivity index (χ1v) is 9.67. The average molecular weight is 315 g/mol. The largest absolute Gasteiger partial charge is 0.396 e. The Hall–Kier alpha value is -0.0800. The van der Waals surface area contributed by atoms with E-state index >= 15 is 0 Å². The van der Waals surface area contributed by atoms with E-state index < -0.39 is 0 Å². The second-order valence-electron chi connectivity index (χ2n) is 8.06. The van der Waals surface area contributed by atoms with Crippen LogP contribution in [0.3, 0.4) is 0 Å². The first-order valence-electron chi connectivity index (χ1n) is 9.67. The van der Waals surface area contributed by atoms with Crippen LogP contribution in [0.15, 0.2) is 0 Å². The van der Waals surface area contributed by atoms with Gasteiger partial charge in [-0.1, -0.05) is 79.1 Å². The fourth-order valence-corrected chi connectivity index (χ4v) is 3.23. The molecule has 0 aliphatic heterocycles. The topological polar surface area (TPSA) is 40.5 Å². The Morgan fingerprint density at radius 3 is 1.14 bits per heavy atom. The molecule has 0 aromatic rings. The molecular weight excluding hydrogens is 272 g/mol. The number of unbranched alkanes of at least 4 members (excludes halogenated alkanes) is 5. The van der Waals surface area contributed by atoms with Crippen molar-refractivity contribution in [3.8, 4) is 0 Å². The molecule has 2 unspecified atom stereocenters. The molecular formula is C20H42O2. The number of hydrogen-bond donors (Lipinski definition) is 2. The van der Waals surface area contributed by atoms with Crippen LogP contribution >= 0.6 is 0 Å². The standard InChI is InChI=1S/C20H42O2/c1-5-7-13-19(3,17-21)15-11-9-10-12-16-20(4,18-22)14-8-6-2/h21-22H,5-18H2,1-4H3. The SMILES string of the molecule is CCCCC(C)(CO)CCCCCCC(C)(CO)CCCC. The molecule has 0 saturated heterocycles. The van der Waals surface area contributed by atoms with Crippen molar-refractivity contribution in [2.45, 2.75) is 105 Å². The van der Waals surface area contributed by atoms with Gasteiger partial charge in [0.1, 0.15) is 0 Å². The molecule has 0 bridgehead atoms. The molecule has 0 rings (SSSR count). The molecule has 2 heteroatoms. The Labute approximate surface area is 139 Å². The van der Waals surface area contributed by atoms with Crippen molar-refractivity contribution in [1.29, 1.82) is 0 Å². The minimum Gasteiger partial charge on any atom is -0.396 e. The quantitative estimate of drug-likeness (QED) is 0.380. The molecule has 0 aliphatic rings. The number of rotatable bonds is 15. The summed E-state index contributed by atoms with van der Waals surface area (Å²) in [6.45, 7) is 9.55. The number of aliphatic hydroxyl groups is 2. The first-order chi connectivity index (χ1) is 10.4. The third kappa shape index (κ3) is 9.84. The molecule has 0 radical (unpaired) electrons. The van der Waals surface area contributed by atoms with Gasteiger partial charge in [-0.15, -0.1) is 0 Å². The Morgan fingerprint density at radius 1 is 0.545 bits per heavy atom. The summed E-state index contributed by atoms with van der Waals surface area (Å²) in [5.41, 5.74) is 0.271. The number of aliphatic hydroxyl groups excluding tert-OH is 2. The number of hydrogen-bond acceptors (Lipinski definition) is 2. The van der Waals surface area contributed by atoms with Crippen LogP contribution in [0.25, 0.3) is 0 Å². The highest BCUT2D eigenvalue weighted by atomic mass is 16.3. The summed E-state index contributed by atoms with van der Waals surface area (Å²) in [7, 11) is 0. The Kier molecular flexibility index (Phi) is 12.3. The molecule has 0 aliphatic carbocycles. The highest BCUT2D eigenvalue weighted by Crippen LogP contribution is 2.32. The van der Waals surface area contributed by atoms with Gasteiger partial charge in [-0.05, 0) is 36.5 Å². The van der Waals surface area contributed by atoms with Crippen LogP contribution in [0.4, 0.5) is 0 Å². The third-order valence-corrected chi connectivity index (χ3v) is 5.34. The highest BCUT2D eigenvalue weighted by molar-refractivity contribution is 4.75. The predicted molar refractivity (Wildman–Crippen MR) is 97.1 cm³/mol. The van der Waals surface area contributed by atoms with Gasteiger partial charge in [0.2, 0.25) is 0 Å². The van der Waals surface area contributed by atoms with Crippen molar-refractivity contribution in [2.24, 2.45) is 10.8 Å². The summed E-state index contributed by atoms with van der Waals surface area (Å²) in [4.78, 5) is 0. The molecule has 0 spiro atoms. The van der Waals surface area contributed by atoms with Crippen LogP contribution in [0, 0.1) is 10.8 Å². The molecule has 0 amide bonds. The van der Waals surface area contributed by atoms with Crippen LogP contribution in [-0.4, -0.2) is 23.4 Å². The Balaban J connectivity index is 3.83. The maximum Gasteiger partial charge on any atom is 0.0484 e. The van der Waals surface area contributed by atoms with Crippen LogP contribution in [0.5, 0.6) is 0 Å². The van der Waals surface area contributed by atoms with Crippen molar-refractivity contribution >= 4 is 0 Å². The average Bonchev–Trinajstić information content (AvgIpc) is 2.54. The van der Waals surface area contributed by atoms with Crippen molar-refractivity contribution in [3.63, 3.8) is 0 Å². The van der Waals surface area contributed by atoms with E-state index in [9.17, 15) is 10.2 Å². The van der Waals surface area contributed by atoms with Gasteiger partial charge in [0.15, 0.2) is 0 Å². The zero-order valence-electron chi connectivity index (χ0n) is 15.8. The van der Waals surface area contributed by atoms with Crippen LogP contribution in [-0.2, 0) is 0 Å². The van der Waals surface area contributed by atoms with Gasteiger partial charge in [0, 0.05) is 13.2 Å². The normalized spacial score (nSPS) is 17.2. The smallest absolute Gasteiger partial charge is 0.0484 e. The molecule has 0 aromatic heterocycles. The summed E-state index contributed by atoms with van der Waals surface area (Å²) in [5.74, 6) is 0. The fraction of sp³-hybridized carbons (Fsp3) is 1.00. The predicted octanol–water partition coefficient (Wildman–Crippen LogP) is 5.70. The van der Waals surface area contributed by atoms with E-state index in [1.54, 1.807) is 0 Å². The van der Waals surface area contributed by atoms with E-state index in [-0.39, 0.29) is 10.8 Å². The summed E-state index contributed by atoms with van der Waals surface area (Å²) < 4.78 is 0. The molecule has 22 heavy (non-hydrogen) atoms. The lowest BCUT2D eigenvalue weighted by atomic mass is 9.79. The molecule has 2 nitrogen and oxygen atoms in total. The van der Waals surface area contributed by atoms with E-state index in [4.69, 9.17) is 0 Å². The van der Waals surface area contributed by atoms with Crippen LogP contribution < -0.4 is 0 Å². The van der Waals surface area contributed by atoms with Gasteiger partial charge < -0.3 is 10.2 Å². The van der Waals surface area contributed by atoms with E-state index in [0.717, 1.165) is 25.7 Å². The fourth-order valence-electron chi connectivity index (χ4n) is 3.23. The molecule has 2 atom stereocenters. The van der Waals surface area contributed by atoms with Gasteiger partial charge >= 0.3 is 0 Å². The molecule has 0 heterocycles. The van der Waals surface area contributed by atoms with Crippen molar-refractivity contribution < 1.29 is 10.2 Å². The van der Waals surface area contributed by atoms with E-state index in [1.165, 1.54) is 51.4 Å². The molecule has 0 saturated carbocycles. The van der Waals surface area contributed by atoms with Crippen LogP contribution in [0.1, 0.15) is 105 Å². The highest BCUT2D eigenvalue weighted by Gasteiger charge is 2.23. The van der Waals surface area contributed by atoms with E-state index in [1.807, 2.05) is 0 Å². The van der Waals surface area contributed by atoms with Crippen LogP contribution in [0.2, 0.25) is 0 Å². The van der Waals surface area contributed by atoms with Crippen molar-refractivity contribution in [2.75, 3.05) is 13.2 Å². The summed E-state index contributed by atoms with van der Waals surface area (Å²) in [5, 5.41) is 19.2.